The Morgan fingerprint density at radius 2 is 1.83 bits per heavy atom. The molecule has 5 heteroatoms. The van der Waals surface area contributed by atoms with Gasteiger partial charge in [0.2, 0.25) is 0 Å². The Hall–Kier alpha value is -1.78. The minimum absolute atomic E-state index is 0.0702. The lowest BCUT2D eigenvalue weighted by Crippen LogP contribution is -2.60. The SMILES string of the molecule is C=COC(=O)N1CC2(C)CCCC(C)(C1)C2C=C(C)C(=O)OCC. The van der Waals surface area contributed by atoms with E-state index in [1.165, 1.54) is 6.26 Å². The van der Waals surface area contributed by atoms with E-state index in [1.807, 2.05) is 13.8 Å². The average molecular weight is 335 g/mol. The molecule has 1 heterocycles. The van der Waals surface area contributed by atoms with E-state index in [1.54, 1.807) is 4.90 Å². The normalized spacial score (nSPS) is 32.9. The number of hydrogen-bond acceptors (Lipinski definition) is 4. The Kier molecular flexibility index (Phi) is 5.41. The summed E-state index contributed by atoms with van der Waals surface area (Å²) in [6, 6.07) is 0. The number of carbonyl (C=O) groups is 2. The monoisotopic (exact) mass is 335 g/mol. The Morgan fingerprint density at radius 1 is 1.25 bits per heavy atom. The number of likely N-dealkylation sites (tertiary alicyclic amines) is 1. The molecule has 24 heavy (non-hydrogen) atoms. The molecule has 1 aliphatic carbocycles. The van der Waals surface area contributed by atoms with Gasteiger partial charge in [-0.3, -0.25) is 0 Å². The Bertz CT molecular complexity index is 536. The number of ether oxygens (including phenoxy) is 2. The van der Waals surface area contributed by atoms with Gasteiger partial charge < -0.3 is 14.4 Å². The van der Waals surface area contributed by atoms with Crippen LogP contribution in [0.5, 0.6) is 0 Å². The molecule has 2 atom stereocenters. The van der Waals surface area contributed by atoms with Crippen LogP contribution in [0.1, 0.15) is 47.0 Å². The van der Waals surface area contributed by atoms with Crippen molar-refractivity contribution in [3.8, 4) is 0 Å². The lowest BCUT2D eigenvalue weighted by Gasteiger charge is -2.58. The molecule has 1 saturated carbocycles. The van der Waals surface area contributed by atoms with Crippen molar-refractivity contribution in [2.75, 3.05) is 19.7 Å². The second-order valence-electron chi connectivity index (χ2n) is 7.62. The minimum Gasteiger partial charge on any atom is -0.463 e. The zero-order valence-electron chi connectivity index (χ0n) is 15.3. The summed E-state index contributed by atoms with van der Waals surface area (Å²) in [5, 5.41) is 0. The molecule has 1 aliphatic heterocycles. The first kappa shape index (κ1) is 18.6. The fourth-order valence-electron chi connectivity index (χ4n) is 4.57. The van der Waals surface area contributed by atoms with Crippen molar-refractivity contribution in [3.05, 3.63) is 24.5 Å². The first-order valence-corrected chi connectivity index (χ1v) is 8.68. The smallest absolute Gasteiger partial charge is 0.414 e. The van der Waals surface area contributed by atoms with Gasteiger partial charge in [-0.15, -0.1) is 0 Å². The van der Waals surface area contributed by atoms with E-state index >= 15 is 0 Å². The maximum atomic E-state index is 12.2. The van der Waals surface area contributed by atoms with Crippen LogP contribution in [-0.4, -0.2) is 36.7 Å². The first-order chi connectivity index (χ1) is 11.3. The van der Waals surface area contributed by atoms with Gasteiger partial charge in [0.05, 0.1) is 12.9 Å². The molecule has 2 rings (SSSR count). The molecule has 1 saturated heterocycles. The van der Waals surface area contributed by atoms with Crippen LogP contribution in [-0.2, 0) is 14.3 Å². The first-order valence-electron chi connectivity index (χ1n) is 8.68. The van der Waals surface area contributed by atoms with E-state index in [2.05, 4.69) is 26.5 Å². The second kappa shape index (κ2) is 6.99. The van der Waals surface area contributed by atoms with Crippen LogP contribution < -0.4 is 0 Å². The summed E-state index contributed by atoms with van der Waals surface area (Å²) >= 11 is 0. The molecule has 2 unspecified atom stereocenters. The highest BCUT2D eigenvalue weighted by molar-refractivity contribution is 5.87. The van der Waals surface area contributed by atoms with Crippen LogP contribution in [0.15, 0.2) is 24.5 Å². The maximum absolute atomic E-state index is 12.2. The minimum atomic E-state index is -0.339. The van der Waals surface area contributed by atoms with Gasteiger partial charge in [0.15, 0.2) is 0 Å². The van der Waals surface area contributed by atoms with Crippen molar-refractivity contribution in [1.29, 1.82) is 0 Å². The fourth-order valence-corrected chi connectivity index (χ4v) is 4.57. The van der Waals surface area contributed by atoms with Crippen molar-refractivity contribution in [2.45, 2.75) is 47.0 Å². The molecule has 0 spiro atoms. The number of hydrogen-bond donors (Lipinski definition) is 0. The van der Waals surface area contributed by atoms with Crippen LogP contribution in [0.2, 0.25) is 0 Å². The molecule has 2 aliphatic rings. The lowest BCUT2D eigenvalue weighted by atomic mass is 9.53. The topological polar surface area (TPSA) is 55.8 Å². The van der Waals surface area contributed by atoms with Gasteiger partial charge in [-0.05, 0) is 43.4 Å². The van der Waals surface area contributed by atoms with Crippen molar-refractivity contribution in [3.63, 3.8) is 0 Å². The third-order valence-corrected chi connectivity index (χ3v) is 5.56. The molecule has 2 bridgehead atoms. The largest absolute Gasteiger partial charge is 0.463 e. The highest BCUT2D eigenvalue weighted by Gasteiger charge is 2.54. The molecule has 1 amide bonds. The van der Waals surface area contributed by atoms with Gasteiger partial charge in [0.1, 0.15) is 0 Å². The van der Waals surface area contributed by atoms with Gasteiger partial charge in [-0.1, -0.05) is 32.9 Å². The predicted octanol–water partition coefficient (Wildman–Crippen LogP) is 3.90. The van der Waals surface area contributed by atoms with E-state index in [-0.39, 0.29) is 28.8 Å². The van der Waals surface area contributed by atoms with Crippen molar-refractivity contribution >= 4 is 12.1 Å². The summed E-state index contributed by atoms with van der Waals surface area (Å²) in [4.78, 5) is 26.0. The van der Waals surface area contributed by atoms with Crippen molar-refractivity contribution < 1.29 is 19.1 Å². The van der Waals surface area contributed by atoms with Crippen LogP contribution in [0.4, 0.5) is 4.79 Å². The third kappa shape index (κ3) is 3.50. The highest BCUT2D eigenvalue weighted by Crippen LogP contribution is 2.56. The summed E-state index contributed by atoms with van der Waals surface area (Å²) in [6.07, 6.45) is 6.11. The zero-order chi connectivity index (χ0) is 18.0. The number of piperidine rings is 1. The molecule has 134 valence electrons. The van der Waals surface area contributed by atoms with Crippen LogP contribution >= 0.6 is 0 Å². The molecule has 5 nitrogen and oxygen atoms in total. The molecule has 0 N–H and O–H groups in total. The second-order valence-corrected chi connectivity index (χ2v) is 7.62. The molecule has 0 aromatic heterocycles. The van der Waals surface area contributed by atoms with E-state index in [0.29, 0.717) is 25.3 Å². The number of carbonyl (C=O) groups excluding carboxylic acids is 2. The Labute approximate surface area is 144 Å². The third-order valence-electron chi connectivity index (χ3n) is 5.56. The number of fused-ring (bicyclic) bond motifs is 2. The lowest BCUT2D eigenvalue weighted by molar-refractivity contribution is -0.138. The number of esters is 1. The number of amides is 1. The quantitative estimate of drug-likeness (QED) is 0.444. The van der Waals surface area contributed by atoms with E-state index in [9.17, 15) is 9.59 Å². The Morgan fingerprint density at radius 3 is 2.33 bits per heavy atom. The highest BCUT2D eigenvalue weighted by atomic mass is 16.5. The summed E-state index contributed by atoms with van der Waals surface area (Å²) in [6.45, 7) is 13.1. The summed E-state index contributed by atoms with van der Waals surface area (Å²) < 4.78 is 10.1. The van der Waals surface area contributed by atoms with Gasteiger partial charge in [-0.2, -0.15) is 0 Å². The zero-order valence-corrected chi connectivity index (χ0v) is 15.3. The number of nitrogens with zero attached hydrogens (tertiary/aromatic N) is 1. The van der Waals surface area contributed by atoms with Crippen LogP contribution in [0.25, 0.3) is 0 Å². The summed E-state index contributed by atoms with van der Waals surface area (Å²) in [5.41, 5.74) is 0.515. The van der Waals surface area contributed by atoms with Crippen molar-refractivity contribution in [2.24, 2.45) is 16.7 Å². The molecular weight excluding hydrogens is 306 g/mol. The van der Waals surface area contributed by atoms with Gasteiger partial charge >= 0.3 is 12.1 Å². The standard InChI is InChI=1S/C19H29NO4/c1-6-23-16(21)14(3)11-15-18(4)9-8-10-19(15,5)13-20(12-18)17(22)24-7-2/h7,11,15H,2,6,8-10,12-13H2,1,3-5H3. The molecule has 0 radical (unpaired) electrons. The van der Waals surface area contributed by atoms with Crippen LogP contribution in [0, 0.1) is 16.7 Å². The molecule has 0 aromatic rings. The van der Waals surface area contributed by atoms with Gasteiger partial charge in [-0.25, -0.2) is 9.59 Å². The molecular formula is C19H29NO4. The average Bonchev–Trinajstić information content (AvgIpc) is 2.49. The van der Waals surface area contributed by atoms with E-state index in [4.69, 9.17) is 9.47 Å². The van der Waals surface area contributed by atoms with E-state index < -0.39 is 0 Å². The fraction of sp³-hybridized carbons (Fsp3) is 0.684. The van der Waals surface area contributed by atoms with E-state index in [0.717, 1.165) is 19.3 Å². The van der Waals surface area contributed by atoms with Gasteiger partial charge in [0, 0.05) is 18.7 Å². The van der Waals surface area contributed by atoms with Gasteiger partial charge in [0.25, 0.3) is 0 Å². The number of rotatable bonds is 4. The summed E-state index contributed by atoms with van der Waals surface area (Å²) in [5.74, 6) is -0.0211. The number of allylic oxidation sites excluding steroid dienone is 1. The van der Waals surface area contributed by atoms with Crippen LogP contribution in [0.3, 0.4) is 0 Å². The summed E-state index contributed by atoms with van der Waals surface area (Å²) in [7, 11) is 0. The maximum Gasteiger partial charge on any atom is 0.414 e. The molecule has 2 fully saturated rings. The Balaban J connectivity index is 2.30. The predicted molar refractivity (Wildman–Crippen MR) is 92.2 cm³/mol. The van der Waals surface area contributed by atoms with Crippen molar-refractivity contribution in [1.82, 2.24) is 4.90 Å². The molecule has 0 aromatic carbocycles.